The van der Waals surface area contributed by atoms with E-state index in [1.165, 1.54) is 16.4 Å². The molecular formula is C15H25N3O5S2. The molecule has 3 N–H and O–H groups in total. The van der Waals surface area contributed by atoms with E-state index in [1.54, 1.807) is 12.1 Å². The molecule has 0 saturated heterocycles. The standard InChI is InChI=1S/C15H25N3O5S2/c1-3-10-17-15(19)9-12-18(24(2,20)21)11-8-13-4-6-14(7-5-13)25(16,22)23/h4-7H,3,8-12H2,1-2H3,(H,17,19)(H2,16,22,23). The van der Waals surface area contributed by atoms with Gasteiger partial charge in [0, 0.05) is 26.1 Å². The molecule has 1 rings (SSSR count). The number of hydrogen-bond acceptors (Lipinski definition) is 5. The zero-order valence-corrected chi connectivity index (χ0v) is 16.1. The summed E-state index contributed by atoms with van der Waals surface area (Å²) in [7, 11) is -7.20. The van der Waals surface area contributed by atoms with Crippen molar-refractivity contribution in [3.05, 3.63) is 29.8 Å². The topological polar surface area (TPSA) is 127 Å². The van der Waals surface area contributed by atoms with Crippen LogP contribution in [-0.4, -0.2) is 52.9 Å². The average molecular weight is 392 g/mol. The highest BCUT2D eigenvalue weighted by Gasteiger charge is 2.18. The number of primary sulfonamides is 1. The first-order valence-electron chi connectivity index (χ1n) is 7.87. The molecule has 0 aliphatic rings. The van der Waals surface area contributed by atoms with Crippen molar-refractivity contribution in [2.75, 3.05) is 25.9 Å². The lowest BCUT2D eigenvalue weighted by Gasteiger charge is -2.19. The normalized spacial score (nSPS) is 12.3. The number of nitrogens with two attached hydrogens (primary N) is 1. The molecule has 0 spiro atoms. The molecule has 0 heterocycles. The van der Waals surface area contributed by atoms with Gasteiger partial charge in [0.05, 0.1) is 11.2 Å². The van der Waals surface area contributed by atoms with Crippen molar-refractivity contribution in [2.24, 2.45) is 5.14 Å². The van der Waals surface area contributed by atoms with E-state index in [0.29, 0.717) is 13.0 Å². The summed E-state index contributed by atoms with van der Waals surface area (Å²) in [5.41, 5.74) is 0.775. The van der Waals surface area contributed by atoms with Gasteiger partial charge in [0.2, 0.25) is 26.0 Å². The van der Waals surface area contributed by atoms with Crippen molar-refractivity contribution < 1.29 is 21.6 Å². The average Bonchev–Trinajstić information content (AvgIpc) is 2.51. The molecule has 0 unspecified atom stereocenters. The van der Waals surface area contributed by atoms with E-state index in [4.69, 9.17) is 5.14 Å². The molecule has 0 aliphatic heterocycles. The quantitative estimate of drug-likeness (QED) is 0.583. The van der Waals surface area contributed by atoms with Crippen LogP contribution in [-0.2, 0) is 31.3 Å². The number of rotatable bonds is 10. The lowest BCUT2D eigenvalue weighted by molar-refractivity contribution is -0.121. The Morgan fingerprint density at radius 1 is 1.12 bits per heavy atom. The molecule has 1 aromatic carbocycles. The van der Waals surface area contributed by atoms with Crippen molar-refractivity contribution in [1.29, 1.82) is 0 Å². The van der Waals surface area contributed by atoms with Crippen LogP contribution in [0.5, 0.6) is 0 Å². The van der Waals surface area contributed by atoms with Gasteiger partial charge < -0.3 is 5.32 Å². The van der Waals surface area contributed by atoms with Gasteiger partial charge in [0.15, 0.2) is 0 Å². The fourth-order valence-electron chi connectivity index (χ4n) is 2.12. The Labute approximate surface area is 149 Å². The minimum absolute atomic E-state index is 0.00353. The molecular weight excluding hydrogens is 366 g/mol. The van der Waals surface area contributed by atoms with Crippen LogP contribution in [0.15, 0.2) is 29.2 Å². The molecule has 0 saturated carbocycles. The van der Waals surface area contributed by atoms with Crippen LogP contribution in [0.4, 0.5) is 0 Å². The van der Waals surface area contributed by atoms with Crippen LogP contribution in [0.25, 0.3) is 0 Å². The Balaban J connectivity index is 2.66. The van der Waals surface area contributed by atoms with E-state index in [2.05, 4.69) is 5.32 Å². The highest BCUT2D eigenvalue weighted by atomic mass is 32.2. The number of amides is 1. The number of hydrogen-bond donors (Lipinski definition) is 2. The molecule has 0 bridgehead atoms. The third-order valence-electron chi connectivity index (χ3n) is 3.53. The minimum Gasteiger partial charge on any atom is -0.356 e. The third-order valence-corrected chi connectivity index (χ3v) is 5.76. The van der Waals surface area contributed by atoms with Gasteiger partial charge in [-0.1, -0.05) is 19.1 Å². The third kappa shape index (κ3) is 7.95. The molecule has 8 nitrogen and oxygen atoms in total. The van der Waals surface area contributed by atoms with Crippen LogP contribution in [0.3, 0.4) is 0 Å². The zero-order valence-electron chi connectivity index (χ0n) is 14.4. The Kier molecular flexibility index (Phi) is 8.00. The molecule has 0 aromatic heterocycles. The van der Waals surface area contributed by atoms with Crippen LogP contribution >= 0.6 is 0 Å². The van der Waals surface area contributed by atoms with Gasteiger partial charge in [-0.2, -0.15) is 0 Å². The van der Waals surface area contributed by atoms with Gasteiger partial charge >= 0.3 is 0 Å². The van der Waals surface area contributed by atoms with E-state index < -0.39 is 20.0 Å². The van der Waals surface area contributed by atoms with Gasteiger partial charge in [-0.05, 0) is 30.5 Å². The Bertz CT molecular complexity index is 774. The minimum atomic E-state index is -3.75. The summed E-state index contributed by atoms with van der Waals surface area (Å²) in [6.07, 6.45) is 2.41. The van der Waals surface area contributed by atoms with E-state index >= 15 is 0 Å². The fraction of sp³-hybridized carbons (Fsp3) is 0.533. The number of sulfonamides is 2. The van der Waals surface area contributed by atoms with Crippen molar-refractivity contribution in [3.8, 4) is 0 Å². The lowest BCUT2D eigenvalue weighted by Crippen LogP contribution is -2.36. The Morgan fingerprint density at radius 3 is 2.20 bits per heavy atom. The molecule has 10 heteroatoms. The first-order valence-corrected chi connectivity index (χ1v) is 11.3. The summed E-state index contributed by atoms with van der Waals surface area (Å²) in [6.45, 7) is 2.80. The summed E-state index contributed by atoms with van der Waals surface area (Å²) in [6, 6.07) is 5.95. The summed E-state index contributed by atoms with van der Waals surface area (Å²) in [5.74, 6) is -0.187. The monoisotopic (exact) mass is 391 g/mol. The number of nitrogens with one attached hydrogen (secondary N) is 1. The molecule has 0 atom stereocenters. The lowest BCUT2D eigenvalue weighted by atomic mass is 10.1. The van der Waals surface area contributed by atoms with Crippen molar-refractivity contribution in [3.63, 3.8) is 0 Å². The van der Waals surface area contributed by atoms with E-state index in [-0.39, 0.29) is 30.3 Å². The molecule has 142 valence electrons. The SMILES string of the molecule is CCCNC(=O)CCN(CCc1ccc(S(N)(=O)=O)cc1)S(C)(=O)=O. The summed E-state index contributed by atoms with van der Waals surface area (Å²) in [4.78, 5) is 11.6. The number of nitrogens with zero attached hydrogens (tertiary/aromatic N) is 1. The van der Waals surface area contributed by atoms with Gasteiger partial charge in [-0.15, -0.1) is 0 Å². The van der Waals surface area contributed by atoms with Crippen LogP contribution in [0.1, 0.15) is 25.3 Å². The summed E-state index contributed by atoms with van der Waals surface area (Å²) < 4.78 is 47.4. The maximum Gasteiger partial charge on any atom is 0.238 e. The predicted octanol–water partition coefficient (Wildman–Crippen LogP) is 0.0544. The second-order valence-corrected chi connectivity index (χ2v) is 9.24. The van der Waals surface area contributed by atoms with Gasteiger partial charge in [0.25, 0.3) is 0 Å². The summed E-state index contributed by atoms with van der Waals surface area (Å²) >= 11 is 0. The first kappa shape index (κ1) is 21.6. The first-order chi connectivity index (χ1) is 11.5. The molecule has 25 heavy (non-hydrogen) atoms. The highest BCUT2D eigenvalue weighted by Crippen LogP contribution is 2.11. The Hall–Kier alpha value is -1.49. The van der Waals surface area contributed by atoms with Crippen molar-refractivity contribution >= 4 is 26.0 Å². The van der Waals surface area contributed by atoms with Gasteiger partial charge in [-0.25, -0.2) is 26.3 Å². The van der Waals surface area contributed by atoms with Crippen LogP contribution < -0.4 is 10.5 Å². The molecule has 1 amide bonds. The second-order valence-electron chi connectivity index (χ2n) is 5.70. The van der Waals surface area contributed by atoms with E-state index in [0.717, 1.165) is 18.2 Å². The molecule has 1 aromatic rings. The fourth-order valence-corrected chi connectivity index (χ4v) is 3.48. The highest BCUT2D eigenvalue weighted by molar-refractivity contribution is 7.89. The van der Waals surface area contributed by atoms with Gasteiger partial charge in [0.1, 0.15) is 0 Å². The zero-order chi connectivity index (χ0) is 19.1. The number of carbonyl (C=O) groups excluding carboxylic acids is 1. The van der Waals surface area contributed by atoms with E-state index in [1.807, 2.05) is 6.92 Å². The van der Waals surface area contributed by atoms with Crippen LogP contribution in [0, 0.1) is 0 Å². The Morgan fingerprint density at radius 2 is 1.72 bits per heavy atom. The molecule has 0 aliphatic carbocycles. The maximum absolute atomic E-state index is 11.9. The van der Waals surface area contributed by atoms with Gasteiger partial charge in [-0.3, -0.25) is 4.79 Å². The maximum atomic E-state index is 11.9. The molecule has 0 radical (unpaired) electrons. The number of benzene rings is 1. The predicted molar refractivity (Wildman–Crippen MR) is 95.9 cm³/mol. The smallest absolute Gasteiger partial charge is 0.238 e. The van der Waals surface area contributed by atoms with Crippen LogP contribution in [0.2, 0.25) is 0 Å². The second kappa shape index (κ2) is 9.27. The van der Waals surface area contributed by atoms with E-state index in [9.17, 15) is 21.6 Å². The van der Waals surface area contributed by atoms with Crippen molar-refractivity contribution in [2.45, 2.75) is 31.1 Å². The largest absolute Gasteiger partial charge is 0.356 e. The van der Waals surface area contributed by atoms with Crippen molar-refractivity contribution in [1.82, 2.24) is 9.62 Å². The number of carbonyl (C=O) groups is 1. The molecule has 0 fully saturated rings. The summed E-state index contributed by atoms with van der Waals surface area (Å²) in [5, 5.41) is 7.74.